The summed E-state index contributed by atoms with van der Waals surface area (Å²) in [6, 6.07) is 12.6. The van der Waals surface area contributed by atoms with Gasteiger partial charge in [-0.3, -0.25) is 13.9 Å². The number of aliphatic imine (C=N–C) groups is 1. The van der Waals surface area contributed by atoms with Crippen molar-refractivity contribution in [3.8, 4) is 11.5 Å². The number of benzene rings is 2. The summed E-state index contributed by atoms with van der Waals surface area (Å²) >= 11 is 6.00. The first kappa shape index (κ1) is 27.5. The van der Waals surface area contributed by atoms with E-state index in [0.717, 1.165) is 16.2 Å². The molecular formula is C27H27ClF3N3O4. The van der Waals surface area contributed by atoms with E-state index in [0.29, 0.717) is 49.2 Å². The van der Waals surface area contributed by atoms with Crippen LogP contribution in [0.2, 0.25) is 5.02 Å². The molecule has 11 heteroatoms. The van der Waals surface area contributed by atoms with Gasteiger partial charge in [-0.2, -0.15) is 4.99 Å². The van der Waals surface area contributed by atoms with Crippen LogP contribution in [0.3, 0.4) is 0 Å². The highest BCUT2D eigenvalue weighted by atomic mass is 35.5. The van der Waals surface area contributed by atoms with Gasteiger partial charge in [0.1, 0.15) is 17.3 Å². The van der Waals surface area contributed by atoms with Crippen molar-refractivity contribution in [2.75, 3.05) is 0 Å². The van der Waals surface area contributed by atoms with Gasteiger partial charge >= 0.3 is 12.1 Å². The molecular weight excluding hydrogens is 523 g/mol. The predicted octanol–water partition coefficient (Wildman–Crippen LogP) is 5.81. The van der Waals surface area contributed by atoms with Crippen molar-refractivity contribution in [2.24, 2.45) is 18.0 Å². The third kappa shape index (κ3) is 6.48. The first-order chi connectivity index (χ1) is 18.1. The Labute approximate surface area is 222 Å². The molecule has 2 aromatic carbocycles. The van der Waals surface area contributed by atoms with Gasteiger partial charge in [0.05, 0.1) is 5.56 Å². The molecule has 0 spiro atoms. The number of aromatic nitrogens is 2. The lowest BCUT2D eigenvalue weighted by Gasteiger charge is -2.19. The number of alkyl halides is 3. The van der Waals surface area contributed by atoms with Crippen LogP contribution in [-0.4, -0.2) is 21.4 Å². The van der Waals surface area contributed by atoms with Gasteiger partial charge in [0.15, 0.2) is 5.90 Å². The first-order valence-corrected chi connectivity index (χ1v) is 12.6. The second-order valence-electron chi connectivity index (χ2n) is 9.08. The Morgan fingerprint density at radius 2 is 1.82 bits per heavy atom. The highest BCUT2D eigenvalue weighted by Gasteiger charge is 2.32. The molecule has 1 aromatic heterocycles. The van der Waals surface area contributed by atoms with Crippen molar-refractivity contribution in [1.82, 2.24) is 9.13 Å². The van der Waals surface area contributed by atoms with E-state index < -0.39 is 23.4 Å². The second-order valence-corrected chi connectivity index (χ2v) is 9.51. The summed E-state index contributed by atoms with van der Waals surface area (Å²) in [6.07, 6.45) is -2.12. The molecule has 38 heavy (non-hydrogen) atoms. The molecule has 0 saturated heterocycles. The minimum absolute atomic E-state index is 0.0960. The molecule has 1 aliphatic rings. The third-order valence-corrected chi connectivity index (χ3v) is 6.57. The van der Waals surface area contributed by atoms with Gasteiger partial charge in [-0.15, -0.1) is 13.2 Å². The molecule has 7 nitrogen and oxygen atoms in total. The van der Waals surface area contributed by atoms with Gasteiger partial charge < -0.3 is 9.47 Å². The van der Waals surface area contributed by atoms with Crippen molar-refractivity contribution >= 4 is 23.3 Å². The van der Waals surface area contributed by atoms with Crippen molar-refractivity contribution in [3.63, 3.8) is 0 Å². The van der Waals surface area contributed by atoms with E-state index in [1.807, 2.05) is 19.1 Å². The van der Waals surface area contributed by atoms with E-state index in [-0.39, 0.29) is 23.4 Å². The van der Waals surface area contributed by atoms with Crippen LogP contribution >= 0.6 is 11.6 Å². The largest absolute Gasteiger partial charge is 0.573 e. The summed E-state index contributed by atoms with van der Waals surface area (Å²) in [7, 11) is 1.44. The van der Waals surface area contributed by atoms with Crippen LogP contribution in [0.4, 0.5) is 19.0 Å². The highest BCUT2D eigenvalue weighted by Crippen LogP contribution is 2.31. The number of hydrogen-bond donors (Lipinski definition) is 0. The molecule has 202 valence electrons. The zero-order valence-electron chi connectivity index (χ0n) is 20.9. The molecule has 0 N–H and O–H groups in total. The van der Waals surface area contributed by atoms with Crippen LogP contribution < -0.4 is 20.7 Å². The molecule has 4 rings (SSSR count). The fourth-order valence-corrected chi connectivity index (χ4v) is 4.58. The van der Waals surface area contributed by atoms with E-state index in [1.54, 1.807) is 12.1 Å². The van der Waals surface area contributed by atoms with Gasteiger partial charge in [-0.1, -0.05) is 36.7 Å². The molecule has 3 aromatic rings. The summed E-state index contributed by atoms with van der Waals surface area (Å²) in [5, 5.41) is 0.620. The van der Waals surface area contributed by atoms with Crippen LogP contribution in [0.15, 0.2) is 63.1 Å². The summed E-state index contributed by atoms with van der Waals surface area (Å²) in [4.78, 5) is 30.6. The van der Waals surface area contributed by atoms with E-state index >= 15 is 0 Å². The minimum Gasteiger partial charge on any atom is -0.442 e. The highest BCUT2D eigenvalue weighted by molar-refractivity contribution is 6.30. The Morgan fingerprint density at radius 3 is 2.50 bits per heavy atom. The van der Waals surface area contributed by atoms with Gasteiger partial charge in [-0.25, -0.2) is 4.79 Å². The Hall–Kier alpha value is -3.53. The van der Waals surface area contributed by atoms with Crippen molar-refractivity contribution in [2.45, 2.75) is 51.9 Å². The van der Waals surface area contributed by atoms with Crippen LogP contribution in [0, 0.1) is 5.92 Å². The van der Waals surface area contributed by atoms with E-state index in [1.165, 1.54) is 29.8 Å². The maximum absolute atomic E-state index is 13.0. The van der Waals surface area contributed by atoms with E-state index in [9.17, 15) is 22.8 Å². The number of halogens is 4. The van der Waals surface area contributed by atoms with Crippen LogP contribution in [0.1, 0.15) is 37.3 Å². The van der Waals surface area contributed by atoms with E-state index in [4.69, 9.17) is 16.3 Å². The van der Waals surface area contributed by atoms with Gasteiger partial charge in [-0.05, 0) is 61.9 Å². The Bertz CT molecular complexity index is 1450. The summed E-state index contributed by atoms with van der Waals surface area (Å²) in [6.45, 7) is 2.25. The summed E-state index contributed by atoms with van der Waals surface area (Å²) in [5.41, 5.74) is 0.540. The van der Waals surface area contributed by atoms with Crippen molar-refractivity contribution < 1.29 is 22.6 Å². The Morgan fingerprint density at radius 1 is 1.11 bits per heavy atom. The van der Waals surface area contributed by atoms with Crippen molar-refractivity contribution in [3.05, 3.63) is 85.5 Å². The van der Waals surface area contributed by atoms with Crippen molar-refractivity contribution in [1.29, 1.82) is 0 Å². The molecule has 0 saturated carbocycles. The molecule has 1 atom stereocenters. The Kier molecular flexibility index (Phi) is 8.30. The fourth-order valence-electron chi connectivity index (χ4n) is 4.45. The average molecular weight is 550 g/mol. The molecule has 2 heterocycles. The predicted molar refractivity (Wildman–Crippen MR) is 139 cm³/mol. The number of aryl methyl sites for hydroxylation is 1. The molecule has 0 amide bonds. The Balaban J connectivity index is 1.75. The number of nitrogens with zero attached hydrogens (tertiary/aromatic N) is 3. The zero-order valence-corrected chi connectivity index (χ0v) is 21.7. The number of rotatable bonds is 7. The minimum atomic E-state index is -4.85. The topological polar surface area (TPSA) is 74.8 Å². The molecule has 0 bridgehead atoms. The van der Waals surface area contributed by atoms with Gasteiger partial charge in [0.2, 0.25) is 0 Å². The third-order valence-electron chi connectivity index (χ3n) is 6.32. The molecule has 1 aliphatic heterocycles. The van der Waals surface area contributed by atoms with Crippen LogP contribution in [0.5, 0.6) is 11.5 Å². The normalized spacial score (nSPS) is 15.4. The maximum Gasteiger partial charge on any atom is 0.573 e. The van der Waals surface area contributed by atoms with Crippen LogP contribution in [-0.2, 0) is 26.4 Å². The smallest absolute Gasteiger partial charge is 0.442 e. The molecule has 0 aliphatic carbocycles. The average Bonchev–Trinajstić information content (AvgIpc) is 3.03. The monoisotopic (exact) mass is 549 g/mol. The SMILES string of the molecule is CCCn1c2c(c(=O)n(C)c1=O)CCC(CCc1ccc(Cl)cc1)C(Oc1cccc(OC(F)(F)F)c1)=N2. The number of fused-ring (bicyclic) bond motifs is 1. The fraction of sp³-hybridized carbons (Fsp3) is 0.370. The van der Waals surface area contributed by atoms with Gasteiger partial charge in [0.25, 0.3) is 5.56 Å². The first-order valence-electron chi connectivity index (χ1n) is 12.2. The van der Waals surface area contributed by atoms with Crippen LogP contribution in [0.25, 0.3) is 0 Å². The quantitative estimate of drug-likeness (QED) is 0.372. The summed E-state index contributed by atoms with van der Waals surface area (Å²) < 4.78 is 50.9. The maximum atomic E-state index is 13.0. The number of ether oxygens (including phenoxy) is 2. The molecule has 0 radical (unpaired) electrons. The lowest BCUT2D eigenvalue weighted by atomic mass is 9.94. The lowest BCUT2D eigenvalue weighted by molar-refractivity contribution is -0.274. The second kappa shape index (κ2) is 11.5. The van der Waals surface area contributed by atoms with E-state index in [2.05, 4.69) is 9.73 Å². The zero-order chi connectivity index (χ0) is 27.4. The number of hydrogen-bond acceptors (Lipinski definition) is 5. The molecule has 1 unspecified atom stereocenters. The standard InChI is InChI=1S/C27H27ClF3N3O4/c1-3-15-34-23-22(25(35)33(2)26(34)36)14-11-18(10-7-17-8-12-19(28)13-9-17)24(32-23)37-20-5-4-6-21(16-20)38-27(29,30)31/h4-6,8-9,12-13,16,18H,3,7,10-11,14-15H2,1-2H3. The summed E-state index contributed by atoms with van der Waals surface area (Å²) in [5.74, 6) is -0.163. The molecule has 0 fully saturated rings. The lowest BCUT2D eigenvalue weighted by Crippen LogP contribution is -2.39. The van der Waals surface area contributed by atoms with Gasteiger partial charge in [0, 0.05) is 30.6 Å².